The van der Waals surface area contributed by atoms with E-state index in [4.69, 9.17) is 14.6 Å². The van der Waals surface area contributed by atoms with E-state index in [9.17, 15) is 9.59 Å². The molecule has 0 radical (unpaired) electrons. The highest BCUT2D eigenvalue weighted by Gasteiger charge is 2.14. The van der Waals surface area contributed by atoms with Crippen LogP contribution >= 0.6 is 0 Å². The van der Waals surface area contributed by atoms with E-state index in [1.54, 1.807) is 12.1 Å². The van der Waals surface area contributed by atoms with E-state index in [2.05, 4.69) is 5.32 Å². The Kier molecular flexibility index (Phi) is 7.23. The molecule has 1 atom stereocenters. The molecule has 0 aromatic heterocycles. The third kappa shape index (κ3) is 5.74. The zero-order chi connectivity index (χ0) is 19.8. The lowest BCUT2D eigenvalue weighted by atomic mass is 10.1. The zero-order valence-electron chi connectivity index (χ0n) is 15.8. The second kappa shape index (κ2) is 9.62. The predicted molar refractivity (Wildman–Crippen MR) is 102 cm³/mol. The number of amides is 1. The molecule has 6 heteroatoms. The summed E-state index contributed by atoms with van der Waals surface area (Å²) in [5.74, 6) is 0.208. The Hall–Kier alpha value is -3.02. The van der Waals surface area contributed by atoms with E-state index >= 15 is 0 Å². The Morgan fingerprint density at radius 3 is 2.22 bits per heavy atom. The molecule has 0 bridgehead atoms. The van der Waals surface area contributed by atoms with Crippen LogP contribution in [-0.2, 0) is 11.2 Å². The number of nitrogens with one attached hydrogen (secondary N) is 1. The molecule has 0 saturated carbocycles. The third-order valence-electron chi connectivity index (χ3n) is 4.01. The number of hydrogen-bond donors (Lipinski definition) is 2. The fourth-order valence-corrected chi connectivity index (χ4v) is 2.66. The highest BCUT2D eigenvalue weighted by molar-refractivity contribution is 5.87. The highest BCUT2D eigenvalue weighted by atomic mass is 16.5. The lowest BCUT2D eigenvalue weighted by Gasteiger charge is -2.17. The van der Waals surface area contributed by atoms with Crippen molar-refractivity contribution in [2.45, 2.75) is 33.2 Å². The van der Waals surface area contributed by atoms with Crippen LogP contribution in [0.15, 0.2) is 42.5 Å². The molecule has 0 saturated heterocycles. The molecule has 6 nitrogen and oxygen atoms in total. The molecule has 0 spiro atoms. The first kappa shape index (κ1) is 20.3. The number of carboxylic acid groups (broad SMARTS) is 1. The van der Waals surface area contributed by atoms with E-state index in [1.807, 2.05) is 39.0 Å². The summed E-state index contributed by atoms with van der Waals surface area (Å²) >= 11 is 0. The van der Waals surface area contributed by atoms with Gasteiger partial charge >= 0.3 is 5.97 Å². The number of benzene rings is 2. The molecule has 0 fully saturated rings. The first-order valence-electron chi connectivity index (χ1n) is 8.95. The van der Waals surface area contributed by atoms with Gasteiger partial charge in [-0.1, -0.05) is 18.2 Å². The van der Waals surface area contributed by atoms with E-state index in [1.165, 1.54) is 12.1 Å². The van der Waals surface area contributed by atoms with Crippen LogP contribution in [0.2, 0.25) is 0 Å². The maximum absolute atomic E-state index is 12.3. The van der Waals surface area contributed by atoms with Crippen LogP contribution in [0.5, 0.6) is 11.5 Å². The van der Waals surface area contributed by atoms with Gasteiger partial charge in [-0.3, -0.25) is 4.79 Å². The molecule has 1 amide bonds. The summed E-state index contributed by atoms with van der Waals surface area (Å²) in [7, 11) is 0. The molecule has 0 heterocycles. The lowest BCUT2D eigenvalue weighted by Crippen LogP contribution is -2.28. The Balaban J connectivity index is 2.02. The molecular weight excluding hydrogens is 346 g/mol. The summed E-state index contributed by atoms with van der Waals surface area (Å²) < 4.78 is 11.2. The van der Waals surface area contributed by atoms with Crippen LogP contribution in [0.25, 0.3) is 0 Å². The summed E-state index contributed by atoms with van der Waals surface area (Å²) in [5, 5.41) is 11.9. The fourth-order valence-electron chi connectivity index (χ4n) is 2.66. The lowest BCUT2D eigenvalue weighted by molar-refractivity contribution is -0.121. The molecule has 2 aromatic rings. The summed E-state index contributed by atoms with van der Waals surface area (Å²) in [6, 6.07) is 11.7. The molecule has 2 aromatic carbocycles. The molecule has 1 unspecified atom stereocenters. The number of carbonyl (C=O) groups excluding carboxylic acids is 1. The second-order valence-electron chi connectivity index (χ2n) is 6.04. The normalized spacial score (nSPS) is 11.5. The van der Waals surface area contributed by atoms with Crippen molar-refractivity contribution in [3.63, 3.8) is 0 Å². The van der Waals surface area contributed by atoms with Crippen LogP contribution in [0.3, 0.4) is 0 Å². The van der Waals surface area contributed by atoms with Gasteiger partial charge in [-0.2, -0.15) is 0 Å². The monoisotopic (exact) mass is 371 g/mol. The Morgan fingerprint density at radius 2 is 1.63 bits per heavy atom. The number of ether oxygens (including phenoxy) is 2. The summed E-state index contributed by atoms with van der Waals surface area (Å²) in [4.78, 5) is 23.2. The topological polar surface area (TPSA) is 84.9 Å². The standard InChI is InChI=1S/C21H25NO5/c1-4-26-18-11-10-17(13-19(18)27-5-2)14(3)22-20(23)12-15-6-8-16(9-7-15)21(24)25/h6-11,13-14H,4-5,12H2,1-3H3,(H,22,23)(H,24,25). The minimum atomic E-state index is -0.986. The van der Waals surface area contributed by atoms with Crippen molar-refractivity contribution < 1.29 is 24.2 Å². The van der Waals surface area contributed by atoms with Crippen LogP contribution in [-0.4, -0.2) is 30.2 Å². The molecule has 0 aliphatic rings. The number of rotatable bonds is 9. The van der Waals surface area contributed by atoms with Gasteiger partial charge in [0.25, 0.3) is 0 Å². The zero-order valence-corrected chi connectivity index (χ0v) is 15.8. The van der Waals surface area contributed by atoms with E-state index in [-0.39, 0.29) is 23.9 Å². The predicted octanol–water partition coefficient (Wildman–Crippen LogP) is 3.60. The maximum atomic E-state index is 12.3. The summed E-state index contributed by atoms with van der Waals surface area (Å²) in [6.07, 6.45) is 0.180. The Labute approximate surface area is 159 Å². The minimum Gasteiger partial charge on any atom is -0.490 e. The van der Waals surface area contributed by atoms with Crippen molar-refractivity contribution in [3.05, 3.63) is 59.2 Å². The van der Waals surface area contributed by atoms with E-state index in [0.29, 0.717) is 24.7 Å². The quantitative estimate of drug-likeness (QED) is 0.703. The smallest absolute Gasteiger partial charge is 0.335 e. The molecule has 2 N–H and O–H groups in total. The fraction of sp³-hybridized carbons (Fsp3) is 0.333. The molecule has 144 valence electrons. The molecule has 0 aliphatic heterocycles. The number of aromatic carboxylic acids is 1. The summed E-state index contributed by atoms with van der Waals surface area (Å²) in [5.41, 5.74) is 1.87. The second-order valence-corrected chi connectivity index (χ2v) is 6.04. The van der Waals surface area contributed by atoms with Crippen molar-refractivity contribution in [1.82, 2.24) is 5.32 Å². The SMILES string of the molecule is CCOc1ccc(C(C)NC(=O)Cc2ccc(C(=O)O)cc2)cc1OCC. The van der Waals surface area contributed by atoms with Gasteiger partial charge in [-0.05, 0) is 56.2 Å². The largest absolute Gasteiger partial charge is 0.490 e. The molecule has 27 heavy (non-hydrogen) atoms. The third-order valence-corrected chi connectivity index (χ3v) is 4.01. The van der Waals surface area contributed by atoms with Crippen LogP contribution in [0.1, 0.15) is 48.3 Å². The van der Waals surface area contributed by atoms with Crippen LogP contribution < -0.4 is 14.8 Å². The number of hydrogen-bond acceptors (Lipinski definition) is 4. The van der Waals surface area contributed by atoms with Gasteiger partial charge in [0, 0.05) is 0 Å². The minimum absolute atomic E-state index is 0.141. The molecule has 0 aliphatic carbocycles. The Bertz CT molecular complexity index is 786. The van der Waals surface area contributed by atoms with Gasteiger partial charge in [0.05, 0.1) is 31.2 Å². The first-order chi connectivity index (χ1) is 12.9. The highest BCUT2D eigenvalue weighted by Crippen LogP contribution is 2.30. The van der Waals surface area contributed by atoms with Crippen LogP contribution in [0.4, 0.5) is 0 Å². The van der Waals surface area contributed by atoms with Gasteiger partial charge in [0.15, 0.2) is 11.5 Å². The number of carboxylic acids is 1. The van der Waals surface area contributed by atoms with Crippen molar-refractivity contribution in [3.8, 4) is 11.5 Å². The molecule has 2 rings (SSSR count). The van der Waals surface area contributed by atoms with Crippen LogP contribution in [0, 0.1) is 0 Å². The van der Waals surface area contributed by atoms with E-state index < -0.39 is 5.97 Å². The maximum Gasteiger partial charge on any atom is 0.335 e. The van der Waals surface area contributed by atoms with Crippen molar-refractivity contribution in [1.29, 1.82) is 0 Å². The van der Waals surface area contributed by atoms with Gasteiger partial charge < -0.3 is 19.9 Å². The first-order valence-corrected chi connectivity index (χ1v) is 8.95. The average molecular weight is 371 g/mol. The van der Waals surface area contributed by atoms with Crippen molar-refractivity contribution in [2.24, 2.45) is 0 Å². The summed E-state index contributed by atoms with van der Waals surface area (Å²) in [6.45, 7) is 6.79. The van der Waals surface area contributed by atoms with E-state index in [0.717, 1.165) is 11.1 Å². The van der Waals surface area contributed by atoms with Gasteiger partial charge in [0.1, 0.15) is 0 Å². The Morgan fingerprint density at radius 1 is 1.00 bits per heavy atom. The van der Waals surface area contributed by atoms with Gasteiger partial charge in [0.2, 0.25) is 5.91 Å². The van der Waals surface area contributed by atoms with Gasteiger partial charge in [-0.25, -0.2) is 4.79 Å². The average Bonchev–Trinajstić information content (AvgIpc) is 2.63. The van der Waals surface area contributed by atoms with Crippen molar-refractivity contribution >= 4 is 11.9 Å². The molecular formula is C21H25NO5. The van der Waals surface area contributed by atoms with Gasteiger partial charge in [-0.15, -0.1) is 0 Å². The number of carbonyl (C=O) groups is 2. The van der Waals surface area contributed by atoms with Crippen molar-refractivity contribution in [2.75, 3.05) is 13.2 Å².